The maximum absolute atomic E-state index is 13.7. The number of halogens is 2. The Morgan fingerprint density at radius 3 is 2.84 bits per heavy atom. The van der Waals surface area contributed by atoms with E-state index in [1.54, 1.807) is 0 Å². The second-order valence-electron chi connectivity index (χ2n) is 3.37. The van der Waals surface area contributed by atoms with Crippen molar-refractivity contribution in [2.75, 3.05) is 7.11 Å². The van der Waals surface area contributed by atoms with Crippen LogP contribution in [0.1, 0.15) is 10.5 Å². The fourth-order valence-corrected chi connectivity index (χ4v) is 1.77. The summed E-state index contributed by atoms with van der Waals surface area (Å²) in [5, 5.41) is 12.3. The number of carboxylic acid groups (broad SMARTS) is 1. The number of nitrogens with zero attached hydrogens (tertiary/aromatic N) is 3. The SMILES string of the molecule is COc1cc(-c2cc(C(=O)O)nn2SF)c(F)cn1. The molecule has 2 rings (SSSR count). The average molecular weight is 287 g/mol. The zero-order chi connectivity index (χ0) is 14.0. The van der Waals surface area contributed by atoms with Crippen LogP contribution in [-0.2, 0) is 0 Å². The van der Waals surface area contributed by atoms with Crippen LogP contribution in [0.5, 0.6) is 5.88 Å². The van der Waals surface area contributed by atoms with Gasteiger partial charge in [-0.15, -0.1) is 3.89 Å². The van der Waals surface area contributed by atoms with Gasteiger partial charge in [-0.3, -0.25) is 0 Å². The Morgan fingerprint density at radius 2 is 2.26 bits per heavy atom. The summed E-state index contributed by atoms with van der Waals surface area (Å²) in [6.07, 6.45) is 0.898. The summed E-state index contributed by atoms with van der Waals surface area (Å²) in [4.78, 5) is 14.4. The van der Waals surface area contributed by atoms with Crippen molar-refractivity contribution in [3.63, 3.8) is 0 Å². The minimum atomic E-state index is -1.34. The zero-order valence-electron chi connectivity index (χ0n) is 9.50. The first-order valence-corrected chi connectivity index (χ1v) is 5.56. The van der Waals surface area contributed by atoms with Crippen molar-refractivity contribution < 1.29 is 22.9 Å². The molecule has 0 aliphatic carbocycles. The van der Waals surface area contributed by atoms with Crippen molar-refractivity contribution in [3.05, 3.63) is 29.8 Å². The molecule has 0 fully saturated rings. The van der Waals surface area contributed by atoms with Crippen LogP contribution in [0.15, 0.2) is 18.3 Å². The summed E-state index contributed by atoms with van der Waals surface area (Å²) in [5.74, 6) is -1.96. The van der Waals surface area contributed by atoms with Gasteiger partial charge in [0.2, 0.25) is 5.88 Å². The van der Waals surface area contributed by atoms with Crippen molar-refractivity contribution in [3.8, 4) is 17.1 Å². The second-order valence-corrected chi connectivity index (χ2v) is 3.85. The highest BCUT2D eigenvalue weighted by Gasteiger charge is 2.19. The van der Waals surface area contributed by atoms with Crippen molar-refractivity contribution in [1.82, 2.24) is 14.2 Å². The Labute approximate surface area is 110 Å². The lowest BCUT2D eigenvalue weighted by Crippen LogP contribution is -1.98. The highest BCUT2D eigenvalue weighted by atomic mass is 32.2. The number of aromatic nitrogens is 3. The lowest BCUT2D eigenvalue weighted by atomic mass is 10.2. The van der Waals surface area contributed by atoms with E-state index in [-0.39, 0.29) is 29.5 Å². The quantitative estimate of drug-likeness (QED) is 0.928. The van der Waals surface area contributed by atoms with Gasteiger partial charge in [0, 0.05) is 17.7 Å². The van der Waals surface area contributed by atoms with E-state index < -0.39 is 17.5 Å². The summed E-state index contributed by atoms with van der Waals surface area (Å²) in [6.45, 7) is 0. The third-order valence-corrected chi connectivity index (χ3v) is 2.69. The molecule has 0 aromatic carbocycles. The lowest BCUT2D eigenvalue weighted by molar-refractivity contribution is 0.0690. The van der Waals surface area contributed by atoms with E-state index in [0.717, 1.165) is 12.3 Å². The summed E-state index contributed by atoms with van der Waals surface area (Å²) in [5.41, 5.74) is -0.490. The second kappa shape index (κ2) is 5.22. The molecule has 0 saturated carbocycles. The van der Waals surface area contributed by atoms with Crippen LogP contribution in [0.4, 0.5) is 8.28 Å². The molecule has 9 heteroatoms. The van der Waals surface area contributed by atoms with Gasteiger partial charge in [-0.25, -0.2) is 14.2 Å². The van der Waals surface area contributed by atoms with Crippen LogP contribution in [0.2, 0.25) is 0 Å². The molecule has 2 aromatic rings. The van der Waals surface area contributed by atoms with Crippen LogP contribution < -0.4 is 4.74 Å². The van der Waals surface area contributed by atoms with Gasteiger partial charge in [0.1, 0.15) is 0 Å². The number of hydrogen-bond acceptors (Lipinski definition) is 5. The van der Waals surface area contributed by atoms with Crippen molar-refractivity contribution in [2.45, 2.75) is 0 Å². The predicted octanol–water partition coefficient (Wildman–Crippen LogP) is 2.17. The number of ether oxygens (including phenoxy) is 1. The van der Waals surface area contributed by atoms with Gasteiger partial charge in [-0.1, -0.05) is 0 Å². The number of methoxy groups -OCH3 is 1. The maximum Gasteiger partial charge on any atom is 0.356 e. The molecule has 0 radical (unpaired) electrons. The predicted molar refractivity (Wildman–Crippen MR) is 63.0 cm³/mol. The molecule has 0 bridgehead atoms. The molecule has 1 N–H and O–H groups in total. The Bertz CT molecular complexity index is 632. The zero-order valence-corrected chi connectivity index (χ0v) is 10.3. The highest BCUT2D eigenvalue weighted by Crippen LogP contribution is 2.29. The van der Waals surface area contributed by atoms with E-state index in [2.05, 4.69) is 10.1 Å². The van der Waals surface area contributed by atoms with E-state index in [1.165, 1.54) is 13.2 Å². The van der Waals surface area contributed by atoms with E-state index >= 15 is 0 Å². The molecule has 0 unspecified atom stereocenters. The van der Waals surface area contributed by atoms with E-state index in [4.69, 9.17) is 9.84 Å². The Kier molecular flexibility index (Phi) is 3.65. The lowest BCUT2D eigenvalue weighted by Gasteiger charge is -2.05. The number of carboxylic acids is 1. The smallest absolute Gasteiger partial charge is 0.356 e. The molecule has 0 atom stereocenters. The molecule has 19 heavy (non-hydrogen) atoms. The van der Waals surface area contributed by atoms with Gasteiger partial charge in [0.15, 0.2) is 23.8 Å². The van der Waals surface area contributed by atoms with Crippen molar-refractivity contribution in [1.29, 1.82) is 0 Å². The van der Waals surface area contributed by atoms with Crippen LogP contribution >= 0.6 is 12.3 Å². The van der Waals surface area contributed by atoms with Gasteiger partial charge in [0.05, 0.1) is 19.0 Å². The average Bonchev–Trinajstić information content (AvgIpc) is 2.83. The summed E-state index contributed by atoms with van der Waals surface area (Å²) < 4.78 is 31.9. The third-order valence-electron chi connectivity index (χ3n) is 2.28. The first-order chi connectivity index (χ1) is 9.06. The number of carbonyl (C=O) groups is 1. The number of hydrogen-bond donors (Lipinski definition) is 1. The number of pyridine rings is 1. The van der Waals surface area contributed by atoms with Crippen LogP contribution in [0, 0.1) is 5.82 Å². The summed E-state index contributed by atoms with van der Waals surface area (Å²) in [6, 6.07) is 2.29. The maximum atomic E-state index is 13.7. The van der Waals surface area contributed by atoms with Crippen LogP contribution in [0.3, 0.4) is 0 Å². The topological polar surface area (TPSA) is 77.2 Å². The molecular weight excluding hydrogens is 280 g/mol. The van der Waals surface area contributed by atoms with E-state index in [1.807, 2.05) is 0 Å². The fourth-order valence-electron chi connectivity index (χ4n) is 1.43. The highest BCUT2D eigenvalue weighted by molar-refractivity contribution is 7.92. The van der Waals surface area contributed by atoms with Gasteiger partial charge < -0.3 is 9.84 Å². The van der Waals surface area contributed by atoms with Crippen molar-refractivity contribution in [2.24, 2.45) is 0 Å². The Hall–Kier alpha value is -2.16. The molecule has 6 nitrogen and oxygen atoms in total. The van der Waals surface area contributed by atoms with Crippen LogP contribution in [0.25, 0.3) is 11.3 Å². The van der Waals surface area contributed by atoms with E-state index in [0.29, 0.717) is 4.09 Å². The molecule has 0 aliphatic heterocycles. The molecule has 0 amide bonds. The van der Waals surface area contributed by atoms with Crippen LogP contribution in [-0.4, -0.2) is 32.4 Å². The van der Waals surface area contributed by atoms with Crippen molar-refractivity contribution >= 4 is 18.3 Å². The molecule has 2 aromatic heterocycles. The molecule has 2 heterocycles. The first-order valence-electron chi connectivity index (χ1n) is 4.89. The first kappa shape index (κ1) is 13.3. The van der Waals surface area contributed by atoms with Gasteiger partial charge in [0.25, 0.3) is 0 Å². The van der Waals surface area contributed by atoms with Gasteiger partial charge in [-0.05, 0) is 0 Å². The third kappa shape index (κ3) is 2.50. The minimum absolute atomic E-state index is 0.0388. The van der Waals surface area contributed by atoms with Gasteiger partial charge >= 0.3 is 5.97 Å². The van der Waals surface area contributed by atoms with E-state index in [9.17, 15) is 13.1 Å². The summed E-state index contributed by atoms with van der Waals surface area (Å²) >= 11 is -0.335. The molecule has 0 spiro atoms. The largest absolute Gasteiger partial charge is 0.481 e. The monoisotopic (exact) mass is 287 g/mol. The fraction of sp³-hybridized carbons (Fsp3) is 0.100. The number of rotatable bonds is 4. The Morgan fingerprint density at radius 1 is 1.53 bits per heavy atom. The molecular formula is C10H7F2N3O3S. The molecule has 100 valence electrons. The molecule has 0 saturated heterocycles. The Balaban J connectivity index is 2.60. The minimum Gasteiger partial charge on any atom is -0.481 e. The van der Waals surface area contributed by atoms with Gasteiger partial charge in [-0.2, -0.15) is 9.19 Å². The standard InChI is InChI=1S/C10H7F2N3O3S/c1-18-9-2-5(6(11)4-13-9)8-3-7(10(16)17)14-15(8)19-12/h2-4H,1H3,(H,16,17). The summed E-state index contributed by atoms with van der Waals surface area (Å²) in [7, 11) is 1.34. The number of aromatic carboxylic acids is 1. The molecule has 0 aliphatic rings. The normalized spacial score (nSPS) is 10.5.